The van der Waals surface area contributed by atoms with Crippen LogP contribution in [-0.2, 0) is 6.18 Å². The number of halogens is 3. The molecule has 19 heavy (non-hydrogen) atoms. The number of hydrogen-bond donors (Lipinski definition) is 3. The zero-order valence-corrected chi connectivity index (χ0v) is 10.0. The highest BCUT2D eigenvalue weighted by Gasteiger charge is 2.32. The molecule has 8 heteroatoms. The largest absolute Gasteiger partial charge is 0.431 e. The summed E-state index contributed by atoms with van der Waals surface area (Å²) in [7, 11) is 0. The number of aliphatic hydroxyl groups excluding tert-OH is 1. The zero-order valence-electron chi connectivity index (χ0n) is 10.0. The average Bonchev–Trinajstić information content (AvgIpc) is 2.34. The fourth-order valence-corrected chi connectivity index (χ4v) is 1.36. The second-order valence-electron chi connectivity index (χ2n) is 3.87. The van der Waals surface area contributed by atoms with Gasteiger partial charge in [0.2, 0.25) is 0 Å². The minimum absolute atomic E-state index is 0.319. The fraction of sp³-hybridized carbons (Fsp3) is 0.455. The first kappa shape index (κ1) is 15.2. The van der Waals surface area contributed by atoms with E-state index in [-0.39, 0.29) is 6.61 Å². The van der Waals surface area contributed by atoms with Crippen LogP contribution in [0.15, 0.2) is 16.9 Å². The van der Waals surface area contributed by atoms with Crippen molar-refractivity contribution in [3.8, 4) is 0 Å². The maximum Gasteiger partial charge on any atom is 0.431 e. The van der Waals surface area contributed by atoms with Crippen molar-refractivity contribution in [1.82, 2.24) is 10.3 Å². The Morgan fingerprint density at radius 2 is 2.11 bits per heavy atom. The average molecular weight is 278 g/mol. The number of carbonyl (C=O) groups is 1. The molecule has 0 unspecified atom stereocenters. The Kier molecular flexibility index (Phi) is 4.71. The summed E-state index contributed by atoms with van der Waals surface area (Å²) in [6, 6.07) is 0.881. The topological polar surface area (TPSA) is 82.2 Å². The van der Waals surface area contributed by atoms with Gasteiger partial charge in [0.1, 0.15) is 11.3 Å². The first-order chi connectivity index (χ1) is 8.79. The van der Waals surface area contributed by atoms with E-state index in [1.807, 2.05) is 0 Å². The summed E-state index contributed by atoms with van der Waals surface area (Å²) in [6.45, 7) is 1.39. The number of aliphatic hydroxyl groups is 1. The molecule has 0 spiro atoms. The molecule has 0 aromatic carbocycles. The van der Waals surface area contributed by atoms with Gasteiger partial charge >= 0.3 is 6.18 Å². The molecule has 1 aromatic heterocycles. The van der Waals surface area contributed by atoms with Crippen LogP contribution < -0.4 is 10.9 Å². The SMILES string of the molecule is CC[C@@H](CO)NC(=O)c1ccc(C(F)(F)F)[nH]c1=O. The van der Waals surface area contributed by atoms with Gasteiger partial charge in [-0.15, -0.1) is 0 Å². The molecule has 106 valence electrons. The number of amides is 1. The Balaban J connectivity index is 2.97. The van der Waals surface area contributed by atoms with Crippen molar-refractivity contribution in [2.45, 2.75) is 25.6 Å². The molecule has 3 N–H and O–H groups in total. The highest BCUT2D eigenvalue weighted by atomic mass is 19.4. The summed E-state index contributed by atoms with van der Waals surface area (Å²) >= 11 is 0. The van der Waals surface area contributed by atoms with Crippen molar-refractivity contribution in [2.24, 2.45) is 0 Å². The van der Waals surface area contributed by atoms with Crippen LogP contribution in [0.1, 0.15) is 29.4 Å². The van der Waals surface area contributed by atoms with Crippen LogP contribution in [0.4, 0.5) is 13.2 Å². The standard InChI is InChI=1S/C11H13F3N2O3/c1-2-6(5-17)15-9(18)7-3-4-8(11(12,13)14)16-10(7)19/h3-4,6,17H,2,5H2,1H3,(H,15,18)(H,16,19)/t6-/m0/s1. The van der Waals surface area contributed by atoms with Gasteiger partial charge in [0, 0.05) is 0 Å². The third-order valence-corrected chi connectivity index (χ3v) is 2.51. The lowest BCUT2D eigenvalue weighted by Crippen LogP contribution is -2.39. The molecule has 1 rings (SSSR count). The fourth-order valence-electron chi connectivity index (χ4n) is 1.36. The minimum Gasteiger partial charge on any atom is -0.394 e. The highest BCUT2D eigenvalue weighted by molar-refractivity contribution is 5.94. The summed E-state index contributed by atoms with van der Waals surface area (Å²) in [6.07, 6.45) is -4.24. The number of pyridine rings is 1. The van der Waals surface area contributed by atoms with Gasteiger partial charge in [0.25, 0.3) is 11.5 Å². The Morgan fingerprint density at radius 1 is 1.47 bits per heavy atom. The van der Waals surface area contributed by atoms with Crippen LogP contribution in [0.3, 0.4) is 0 Å². The number of aromatic nitrogens is 1. The van der Waals surface area contributed by atoms with E-state index in [0.29, 0.717) is 12.5 Å². The zero-order chi connectivity index (χ0) is 14.6. The number of rotatable bonds is 4. The Morgan fingerprint density at radius 3 is 2.53 bits per heavy atom. The number of hydrogen-bond acceptors (Lipinski definition) is 3. The third kappa shape index (κ3) is 3.82. The Bertz CT molecular complexity index is 507. The molecule has 0 aliphatic carbocycles. The third-order valence-electron chi connectivity index (χ3n) is 2.51. The molecule has 0 aliphatic rings. The van der Waals surface area contributed by atoms with Gasteiger partial charge in [-0.1, -0.05) is 6.92 Å². The highest BCUT2D eigenvalue weighted by Crippen LogP contribution is 2.26. The number of alkyl halides is 3. The van der Waals surface area contributed by atoms with Gasteiger partial charge in [-0.3, -0.25) is 9.59 Å². The van der Waals surface area contributed by atoms with Crippen molar-refractivity contribution in [3.63, 3.8) is 0 Å². The molecule has 0 aliphatic heterocycles. The van der Waals surface area contributed by atoms with Crippen LogP contribution in [0, 0.1) is 0 Å². The predicted octanol–water partition coefficient (Wildman–Crippen LogP) is 0.894. The van der Waals surface area contributed by atoms with E-state index in [1.165, 1.54) is 0 Å². The van der Waals surface area contributed by atoms with E-state index in [0.717, 1.165) is 6.07 Å². The van der Waals surface area contributed by atoms with E-state index in [4.69, 9.17) is 5.11 Å². The number of carbonyl (C=O) groups excluding carboxylic acids is 1. The van der Waals surface area contributed by atoms with Gasteiger partial charge in [-0.25, -0.2) is 0 Å². The molecule has 1 amide bonds. The van der Waals surface area contributed by atoms with Crippen LogP contribution in [0.25, 0.3) is 0 Å². The van der Waals surface area contributed by atoms with E-state index in [1.54, 1.807) is 11.9 Å². The van der Waals surface area contributed by atoms with Crippen molar-refractivity contribution in [2.75, 3.05) is 6.61 Å². The molecule has 0 radical (unpaired) electrons. The molecular formula is C11H13F3N2O3. The molecule has 1 atom stereocenters. The maximum absolute atomic E-state index is 12.3. The number of H-pyrrole nitrogens is 1. The van der Waals surface area contributed by atoms with Gasteiger partial charge in [-0.05, 0) is 18.6 Å². The van der Waals surface area contributed by atoms with E-state index in [2.05, 4.69) is 5.32 Å². The molecule has 0 saturated carbocycles. The van der Waals surface area contributed by atoms with E-state index >= 15 is 0 Å². The van der Waals surface area contributed by atoms with Crippen LogP contribution in [0.2, 0.25) is 0 Å². The summed E-state index contributed by atoms with van der Waals surface area (Å²) < 4.78 is 36.9. The van der Waals surface area contributed by atoms with Gasteiger partial charge < -0.3 is 15.4 Å². The normalized spacial score (nSPS) is 13.1. The van der Waals surface area contributed by atoms with Gasteiger partial charge in [0.05, 0.1) is 12.6 Å². The van der Waals surface area contributed by atoms with Crippen LogP contribution in [-0.4, -0.2) is 28.6 Å². The number of nitrogens with one attached hydrogen (secondary N) is 2. The van der Waals surface area contributed by atoms with E-state index < -0.39 is 34.9 Å². The maximum atomic E-state index is 12.3. The smallest absolute Gasteiger partial charge is 0.394 e. The Labute approximate surface area is 106 Å². The van der Waals surface area contributed by atoms with Crippen molar-refractivity contribution >= 4 is 5.91 Å². The minimum atomic E-state index is -4.68. The molecule has 1 aromatic rings. The van der Waals surface area contributed by atoms with Crippen molar-refractivity contribution in [3.05, 3.63) is 33.7 Å². The summed E-state index contributed by atoms with van der Waals surface area (Å²) in [5, 5.41) is 11.2. The lowest BCUT2D eigenvalue weighted by Gasteiger charge is -2.13. The summed E-state index contributed by atoms with van der Waals surface area (Å²) in [4.78, 5) is 24.6. The Hall–Kier alpha value is -1.83. The molecular weight excluding hydrogens is 265 g/mol. The molecule has 0 fully saturated rings. The lowest BCUT2D eigenvalue weighted by molar-refractivity contribution is -0.141. The van der Waals surface area contributed by atoms with Crippen LogP contribution in [0.5, 0.6) is 0 Å². The number of aromatic amines is 1. The molecule has 1 heterocycles. The van der Waals surface area contributed by atoms with Crippen molar-refractivity contribution < 1.29 is 23.1 Å². The van der Waals surface area contributed by atoms with Gasteiger partial charge in [-0.2, -0.15) is 13.2 Å². The first-order valence-electron chi connectivity index (χ1n) is 5.51. The summed E-state index contributed by atoms with van der Waals surface area (Å²) in [5.74, 6) is -0.823. The monoisotopic (exact) mass is 278 g/mol. The second-order valence-corrected chi connectivity index (χ2v) is 3.87. The van der Waals surface area contributed by atoms with Crippen molar-refractivity contribution in [1.29, 1.82) is 0 Å². The molecule has 0 saturated heterocycles. The quantitative estimate of drug-likeness (QED) is 0.765. The molecule has 0 bridgehead atoms. The van der Waals surface area contributed by atoms with E-state index in [9.17, 15) is 22.8 Å². The predicted molar refractivity (Wildman–Crippen MR) is 60.7 cm³/mol. The van der Waals surface area contributed by atoms with Crippen LogP contribution >= 0.6 is 0 Å². The second kappa shape index (κ2) is 5.87. The lowest BCUT2D eigenvalue weighted by atomic mass is 10.2. The summed E-state index contributed by atoms with van der Waals surface area (Å²) in [5.41, 5.74) is -2.77. The van der Waals surface area contributed by atoms with Gasteiger partial charge in [0.15, 0.2) is 0 Å². The molecule has 5 nitrogen and oxygen atoms in total. The first-order valence-corrected chi connectivity index (χ1v) is 5.51.